The number of nitrogens with zero attached hydrogens (tertiary/aromatic N) is 2. The van der Waals surface area contributed by atoms with Crippen LogP contribution in [-0.4, -0.2) is 15.7 Å². The number of aromatic nitrogens is 2. The third-order valence-corrected chi connectivity index (χ3v) is 2.44. The van der Waals surface area contributed by atoms with Crippen molar-refractivity contribution in [3.63, 3.8) is 0 Å². The second-order valence-electron chi connectivity index (χ2n) is 3.78. The van der Waals surface area contributed by atoms with Gasteiger partial charge in [-0.15, -0.1) is 0 Å². The molecule has 0 aliphatic heterocycles. The lowest BCUT2D eigenvalue weighted by Crippen LogP contribution is -2.39. The summed E-state index contributed by atoms with van der Waals surface area (Å²) in [5.74, 6) is 0. The Hall–Kier alpha value is -1.36. The molecule has 0 aromatic carbocycles. The molecule has 5 nitrogen and oxygen atoms in total. The van der Waals surface area contributed by atoms with Crippen molar-refractivity contribution in [2.24, 2.45) is 5.73 Å². The minimum absolute atomic E-state index is 0.216. The van der Waals surface area contributed by atoms with Crippen LogP contribution in [0.25, 0.3) is 0 Å². The van der Waals surface area contributed by atoms with Crippen LogP contribution in [0.15, 0.2) is 21.9 Å². The molecule has 0 spiro atoms. The Morgan fingerprint density at radius 1 is 1.25 bits per heavy atom. The molecule has 5 heteroatoms. The fourth-order valence-electron chi connectivity index (χ4n) is 1.59. The van der Waals surface area contributed by atoms with Gasteiger partial charge in [-0.05, 0) is 25.8 Å². The molecule has 0 unspecified atom stereocenters. The highest BCUT2D eigenvalue weighted by atomic mass is 16.2. The summed E-state index contributed by atoms with van der Waals surface area (Å²) in [5.41, 5.74) is 4.93. The van der Waals surface area contributed by atoms with Crippen LogP contribution in [0.3, 0.4) is 0 Å². The predicted octanol–water partition coefficient (Wildman–Crippen LogP) is 0.159. The SMILES string of the molecule is CCCn1ccc(=O)n(CCCCN)c1=O. The summed E-state index contributed by atoms with van der Waals surface area (Å²) in [4.78, 5) is 23.4. The maximum Gasteiger partial charge on any atom is 0.330 e. The van der Waals surface area contributed by atoms with Crippen molar-refractivity contribution in [1.82, 2.24) is 9.13 Å². The van der Waals surface area contributed by atoms with E-state index in [0.29, 0.717) is 19.6 Å². The highest BCUT2D eigenvalue weighted by molar-refractivity contribution is 4.86. The molecule has 0 saturated heterocycles. The number of aryl methyl sites for hydroxylation is 1. The van der Waals surface area contributed by atoms with Gasteiger partial charge in [-0.2, -0.15) is 0 Å². The Balaban J connectivity index is 2.93. The van der Waals surface area contributed by atoms with E-state index in [1.165, 1.54) is 10.6 Å². The summed E-state index contributed by atoms with van der Waals surface area (Å²) < 4.78 is 2.86. The Bertz CT molecular complexity index is 434. The van der Waals surface area contributed by atoms with Crippen molar-refractivity contribution in [3.05, 3.63) is 33.1 Å². The van der Waals surface area contributed by atoms with Gasteiger partial charge in [0.2, 0.25) is 0 Å². The molecule has 0 aliphatic carbocycles. The van der Waals surface area contributed by atoms with Crippen LogP contribution in [-0.2, 0) is 13.1 Å². The van der Waals surface area contributed by atoms with Crippen molar-refractivity contribution < 1.29 is 0 Å². The van der Waals surface area contributed by atoms with E-state index in [-0.39, 0.29) is 11.2 Å². The second kappa shape index (κ2) is 6.27. The van der Waals surface area contributed by atoms with E-state index >= 15 is 0 Å². The first kappa shape index (κ1) is 12.7. The maximum atomic E-state index is 11.9. The van der Waals surface area contributed by atoms with E-state index in [9.17, 15) is 9.59 Å². The quantitative estimate of drug-likeness (QED) is 0.701. The molecule has 0 aliphatic rings. The highest BCUT2D eigenvalue weighted by Gasteiger charge is 2.03. The summed E-state index contributed by atoms with van der Waals surface area (Å²) in [6.07, 6.45) is 4.03. The molecule has 16 heavy (non-hydrogen) atoms. The predicted molar refractivity (Wildman–Crippen MR) is 63.5 cm³/mol. The number of rotatable bonds is 6. The monoisotopic (exact) mass is 225 g/mol. The minimum Gasteiger partial charge on any atom is -0.330 e. The summed E-state index contributed by atoms with van der Waals surface area (Å²) >= 11 is 0. The van der Waals surface area contributed by atoms with Gasteiger partial charge in [-0.25, -0.2) is 4.79 Å². The standard InChI is InChI=1S/C11H19N3O2/c1-2-7-13-9-5-10(15)14(11(13)16)8-4-3-6-12/h5,9H,2-4,6-8,12H2,1H3. The van der Waals surface area contributed by atoms with Crippen LogP contribution in [0.1, 0.15) is 26.2 Å². The summed E-state index contributed by atoms with van der Waals surface area (Å²) in [6.45, 7) is 3.69. The zero-order valence-corrected chi connectivity index (χ0v) is 9.69. The molecule has 0 amide bonds. The molecule has 0 bridgehead atoms. The lowest BCUT2D eigenvalue weighted by atomic mass is 10.3. The van der Waals surface area contributed by atoms with Crippen molar-refractivity contribution in [1.29, 1.82) is 0 Å². The smallest absolute Gasteiger partial charge is 0.330 e. The molecule has 0 radical (unpaired) electrons. The first-order valence-corrected chi connectivity index (χ1v) is 5.71. The molecular formula is C11H19N3O2. The Morgan fingerprint density at radius 2 is 2.00 bits per heavy atom. The fraction of sp³-hybridized carbons (Fsp3) is 0.636. The molecule has 2 N–H and O–H groups in total. The van der Waals surface area contributed by atoms with Gasteiger partial charge in [0.25, 0.3) is 5.56 Å². The molecule has 1 aromatic heterocycles. The number of hydrogen-bond acceptors (Lipinski definition) is 3. The largest absolute Gasteiger partial charge is 0.330 e. The average Bonchev–Trinajstić information content (AvgIpc) is 2.27. The lowest BCUT2D eigenvalue weighted by molar-refractivity contribution is 0.521. The van der Waals surface area contributed by atoms with Crippen LogP contribution < -0.4 is 17.0 Å². The summed E-state index contributed by atoms with van der Waals surface area (Å²) in [6, 6.07) is 1.44. The fourth-order valence-corrected chi connectivity index (χ4v) is 1.59. The van der Waals surface area contributed by atoms with Crippen molar-refractivity contribution >= 4 is 0 Å². The van der Waals surface area contributed by atoms with Crippen LogP contribution in [0.4, 0.5) is 0 Å². The van der Waals surface area contributed by atoms with Gasteiger partial charge in [0.05, 0.1) is 0 Å². The molecule has 1 rings (SSSR count). The summed E-state index contributed by atoms with van der Waals surface area (Å²) in [7, 11) is 0. The Morgan fingerprint density at radius 3 is 2.62 bits per heavy atom. The first-order chi connectivity index (χ1) is 7.70. The third kappa shape index (κ3) is 3.06. The maximum absolute atomic E-state index is 11.9. The van der Waals surface area contributed by atoms with Gasteiger partial charge in [0, 0.05) is 25.4 Å². The number of unbranched alkanes of at least 4 members (excludes halogenated alkanes) is 1. The molecular weight excluding hydrogens is 206 g/mol. The van der Waals surface area contributed by atoms with Gasteiger partial charge < -0.3 is 10.3 Å². The van der Waals surface area contributed by atoms with Gasteiger partial charge in [-0.3, -0.25) is 9.36 Å². The normalized spacial score (nSPS) is 10.6. The van der Waals surface area contributed by atoms with E-state index in [1.54, 1.807) is 10.8 Å². The van der Waals surface area contributed by atoms with Crippen molar-refractivity contribution in [2.45, 2.75) is 39.3 Å². The van der Waals surface area contributed by atoms with E-state index in [2.05, 4.69) is 0 Å². The zero-order chi connectivity index (χ0) is 12.0. The van der Waals surface area contributed by atoms with Crippen LogP contribution in [0, 0.1) is 0 Å². The van der Waals surface area contributed by atoms with Crippen LogP contribution in [0.5, 0.6) is 0 Å². The highest BCUT2D eigenvalue weighted by Crippen LogP contribution is 1.89. The van der Waals surface area contributed by atoms with E-state index in [4.69, 9.17) is 5.73 Å². The van der Waals surface area contributed by atoms with E-state index < -0.39 is 0 Å². The number of nitrogens with two attached hydrogens (primary N) is 1. The molecule has 1 aromatic rings. The van der Waals surface area contributed by atoms with E-state index in [0.717, 1.165) is 19.3 Å². The van der Waals surface area contributed by atoms with Crippen LogP contribution in [0.2, 0.25) is 0 Å². The average molecular weight is 225 g/mol. The molecule has 0 saturated carbocycles. The minimum atomic E-state index is -0.227. The van der Waals surface area contributed by atoms with E-state index in [1.807, 2.05) is 6.92 Å². The summed E-state index contributed by atoms with van der Waals surface area (Å²) in [5, 5.41) is 0. The number of hydrogen-bond donors (Lipinski definition) is 1. The Labute approximate surface area is 94.5 Å². The van der Waals surface area contributed by atoms with Gasteiger partial charge in [0.15, 0.2) is 0 Å². The van der Waals surface area contributed by atoms with Gasteiger partial charge >= 0.3 is 5.69 Å². The first-order valence-electron chi connectivity index (χ1n) is 5.71. The van der Waals surface area contributed by atoms with Gasteiger partial charge in [-0.1, -0.05) is 6.92 Å². The topological polar surface area (TPSA) is 70.0 Å². The Kier molecular flexibility index (Phi) is 4.98. The third-order valence-electron chi connectivity index (χ3n) is 2.44. The molecule has 90 valence electrons. The molecule has 0 fully saturated rings. The van der Waals surface area contributed by atoms with Crippen LogP contribution >= 0.6 is 0 Å². The van der Waals surface area contributed by atoms with Gasteiger partial charge in [0.1, 0.15) is 0 Å². The van der Waals surface area contributed by atoms with Crippen molar-refractivity contribution in [3.8, 4) is 0 Å². The molecule has 1 heterocycles. The zero-order valence-electron chi connectivity index (χ0n) is 9.69. The van der Waals surface area contributed by atoms with Crippen molar-refractivity contribution in [2.75, 3.05) is 6.54 Å². The second-order valence-corrected chi connectivity index (χ2v) is 3.78. The molecule has 0 atom stereocenters. The lowest BCUT2D eigenvalue weighted by Gasteiger charge is -2.08.